The van der Waals surface area contributed by atoms with Gasteiger partial charge in [-0.05, 0) is 63.1 Å². The van der Waals surface area contributed by atoms with Gasteiger partial charge in [-0.3, -0.25) is 28.9 Å². The molecule has 0 saturated carbocycles. The number of carboxylic acid groups (broad SMARTS) is 3. The minimum Gasteiger partial charge on any atom is -0.478 e. The number of carbonyl (C=O) groups excluding carboxylic acids is 5. The topological polar surface area (TPSA) is 302 Å². The van der Waals surface area contributed by atoms with E-state index in [1.807, 2.05) is 6.92 Å². The molecule has 5 heterocycles. The number of anilines is 2. The molecule has 0 radical (unpaired) electrons. The van der Waals surface area contributed by atoms with Crippen LogP contribution in [-0.2, 0) is 33.5 Å². The Labute approximate surface area is 392 Å². The molecular formula is C45H52N6O14S2. The van der Waals surface area contributed by atoms with Crippen molar-refractivity contribution in [2.75, 3.05) is 30.8 Å². The molecule has 9 N–H and O–H groups in total. The fraction of sp³-hybridized carbons (Fsp3) is 0.467. The molecule has 0 aromatic heterocycles. The summed E-state index contributed by atoms with van der Waals surface area (Å²) >= 11 is 2.41. The molecule has 3 fully saturated rings. The average molecular weight is 965 g/mol. The van der Waals surface area contributed by atoms with Gasteiger partial charge in [0, 0.05) is 62.2 Å². The van der Waals surface area contributed by atoms with Gasteiger partial charge in [0.25, 0.3) is 5.91 Å². The number of ether oxygens (including phenoxy) is 1. The van der Waals surface area contributed by atoms with E-state index < -0.39 is 113 Å². The van der Waals surface area contributed by atoms with Gasteiger partial charge >= 0.3 is 23.9 Å². The third kappa shape index (κ3) is 9.55. The first-order valence-corrected chi connectivity index (χ1v) is 23.4. The summed E-state index contributed by atoms with van der Waals surface area (Å²) < 4.78 is 5.04. The molecule has 5 aliphatic heterocycles. The maximum absolute atomic E-state index is 14.7. The Kier molecular flexibility index (Phi) is 14.5. The third-order valence-electron chi connectivity index (χ3n) is 12.9. The number of carbonyl (C=O) groups is 8. The molecule has 5 aliphatic rings. The van der Waals surface area contributed by atoms with Crippen molar-refractivity contribution >= 4 is 82.4 Å². The molecule has 0 spiro atoms. The van der Waals surface area contributed by atoms with Gasteiger partial charge < -0.3 is 56.4 Å². The van der Waals surface area contributed by atoms with E-state index in [-0.39, 0.29) is 63.7 Å². The summed E-state index contributed by atoms with van der Waals surface area (Å²) in [6.45, 7) is 6.88. The second kappa shape index (κ2) is 19.8. The minimum absolute atomic E-state index is 0.0146. The van der Waals surface area contributed by atoms with E-state index in [4.69, 9.17) is 4.74 Å². The van der Waals surface area contributed by atoms with Gasteiger partial charge in [0.2, 0.25) is 17.7 Å². The SMILES string of the molecule is COC(=O)C([C@@H](C)O)[C@H]1[C@@H](C)C(S[C@@H]2CN[C@H](C(=O)Nc3cccc(C(=O)O)c3)C2)=C(C(=O)O)N1C(=O)c1cccc(NC(=O)[C@H]2C[C@H](SC3=C(C(=O)O)N4C(=O)[C@H]([C@@H](C)O)[C@H]4[C@H]3C)CN2)c1. The van der Waals surface area contributed by atoms with Crippen molar-refractivity contribution < 1.29 is 68.6 Å². The number of aromatic carboxylic acids is 1. The molecule has 12 atom stereocenters. The summed E-state index contributed by atoms with van der Waals surface area (Å²) in [7, 11) is 1.11. The number of fused-ring (bicyclic) bond motifs is 1. The lowest BCUT2D eigenvalue weighted by Gasteiger charge is -2.46. The summed E-state index contributed by atoms with van der Waals surface area (Å²) in [5, 5.41) is 62.5. The fourth-order valence-corrected chi connectivity index (χ4v) is 12.7. The van der Waals surface area contributed by atoms with E-state index in [1.54, 1.807) is 13.0 Å². The lowest BCUT2D eigenvalue weighted by Crippen LogP contribution is -2.63. The molecule has 20 nitrogen and oxygen atoms in total. The maximum Gasteiger partial charge on any atom is 0.353 e. The number of benzene rings is 2. The van der Waals surface area contributed by atoms with Crippen molar-refractivity contribution in [3.63, 3.8) is 0 Å². The lowest BCUT2D eigenvalue weighted by atomic mass is 9.79. The normalized spacial score (nSPS) is 28.1. The second-order valence-electron chi connectivity index (χ2n) is 17.4. The quantitative estimate of drug-likeness (QED) is 0.0858. The van der Waals surface area contributed by atoms with Crippen molar-refractivity contribution in [2.24, 2.45) is 23.7 Å². The monoisotopic (exact) mass is 964 g/mol. The smallest absolute Gasteiger partial charge is 0.353 e. The number of β-lactam (4-membered cyclic amide) rings is 1. The highest BCUT2D eigenvalue weighted by atomic mass is 32.2. The number of nitrogens with one attached hydrogen (secondary N) is 4. The highest BCUT2D eigenvalue weighted by Gasteiger charge is 2.60. The Morgan fingerprint density at radius 1 is 0.746 bits per heavy atom. The van der Waals surface area contributed by atoms with Crippen LogP contribution in [0.5, 0.6) is 0 Å². The van der Waals surface area contributed by atoms with E-state index in [0.717, 1.165) is 23.8 Å². The van der Waals surface area contributed by atoms with E-state index in [9.17, 15) is 63.9 Å². The van der Waals surface area contributed by atoms with Crippen molar-refractivity contribution in [2.45, 2.75) is 87.4 Å². The number of aliphatic hydroxyl groups excluding tert-OH is 2. The first kappa shape index (κ1) is 49.1. The zero-order chi connectivity index (χ0) is 48.8. The first-order valence-electron chi connectivity index (χ1n) is 21.6. The number of carboxylic acids is 3. The van der Waals surface area contributed by atoms with E-state index >= 15 is 0 Å². The zero-order valence-electron chi connectivity index (χ0n) is 37.0. The van der Waals surface area contributed by atoms with Gasteiger partial charge in [-0.1, -0.05) is 26.0 Å². The predicted molar refractivity (Wildman–Crippen MR) is 243 cm³/mol. The number of nitrogens with zero attached hydrogens (tertiary/aromatic N) is 2. The van der Waals surface area contributed by atoms with Crippen molar-refractivity contribution in [1.29, 1.82) is 0 Å². The maximum atomic E-state index is 14.7. The van der Waals surface area contributed by atoms with Gasteiger partial charge in [0.1, 0.15) is 17.3 Å². The Morgan fingerprint density at radius 2 is 1.25 bits per heavy atom. The molecule has 1 unspecified atom stereocenters. The molecule has 7 rings (SSSR count). The van der Waals surface area contributed by atoms with Gasteiger partial charge in [-0.25, -0.2) is 14.4 Å². The van der Waals surface area contributed by atoms with Gasteiger partial charge in [-0.15, -0.1) is 23.5 Å². The molecule has 0 bridgehead atoms. The molecule has 0 aliphatic carbocycles. The minimum atomic E-state index is -1.49. The zero-order valence-corrected chi connectivity index (χ0v) is 38.6. The number of amides is 4. The van der Waals surface area contributed by atoms with Crippen LogP contribution in [0.2, 0.25) is 0 Å². The van der Waals surface area contributed by atoms with Crippen LogP contribution in [0.3, 0.4) is 0 Å². The number of hydrogen-bond acceptors (Lipinski definition) is 15. The number of methoxy groups -OCH3 is 1. The summed E-state index contributed by atoms with van der Waals surface area (Å²) in [5.74, 6) is -10.3. The molecule has 358 valence electrons. The summed E-state index contributed by atoms with van der Waals surface area (Å²) in [6.07, 6.45) is -1.84. The second-order valence-corrected chi connectivity index (χ2v) is 20.0. The standard InChI is InChI=1S/C45H52N6O14S2/c1-18-32-30(20(3)52)41(57)51(32)35(44(62)63)36(18)66-26-14-28(46-16-26)38(54)48-24-10-6-8-22(12-24)40(56)50-33(31(21(4)53)45(64)65-5)19(2)37(34(50)43(60)61)67-27-15-29(47-17-27)39(55)49-25-11-7-9-23(13-25)42(58)59/h6-13,18-21,26-33,46-47,52-53H,14-17H2,1-5H3,(H,48,54)(H,49,55)(H,58,59)(H,60,61)(H,62,63)/t18-,19-,20-,21-,26+,27+,28-,29+,30-,31?,32-,33-/m1/s1. The Morgan fingerprint density at radius 3 is 1.73 bits per heavy atom. The molecule has 22 heteroatoms. The van der Waals surface area contributed by atoms with E-state index in [1.165, 1.54) is 73.0 Å². The van der Waals surface area contributed by atoms with Gasteiger partial charge in [0.15, 0.2) is 0 Å². The van der Waals surface area contributed by atoms with Crippen molar-refractivity contribution in [1.82, 2.24) is 20.4 Å². The summed E-state index contributed by atoms with van der Waals surface area (Å²) in [5.41, 5.74) is -0.138. The van der Waals surface area contributed by atoms with Crippen LogP contribution in [0.15, 0.2) is 69.7 Å². The van der Waals surface area contributed by atoms with Crippen LogP contribution in [0.1, 0.15) is 61.3 Å². The van der Waals surface area contributed by atoms with Crippen LogP contribution in [0, 0.1) is 23.7 Å². The Bertz CT molecular complexity index is 2460. The van der Waals surface area contributed by atoms with E-state index in [2.05, 4.69) is 21.3 Å². The van der Waals surface area contributed by atoms with Crippen LogP contribution in [0.25, 0.3) is 0 Å². The molecule has 3 saturated heterocycles. The number of esters is 1. The summed E-state index contributed by atoms with van der Waals surface area (Å²) in [6, 6.07) is 8.36. The van der Waals surface area contributed by atoms with Crippen molar-refractivity contribution in [3.8, 4) is 0 Å². The number of aliphatic hydroxyl groups is 2. The van der Waals surface area contributed by atoms with Gasteiger partial charge in [-0.2, -0.15) is 0 Å². The largest absolute Gasteiger partial charge is 0.478 e. The van der Waals surface area contributed by atoms with Crippen molar-refractivity contribution in [3.05, 3.63) is 80.9 Å². The molecule has 2 aromatic rings. The van der Waals surface area contributed by atoms with Crippen LogP contribution in [0.4, 0.5) is 11.4 Å². The fourth-order valence-electron chi connectivity index (χ4n) is 9.78. The van der Waals surface area contributed by atoms with Crippen LogP contribution < -0.4 is 21.3 Å². The summed E-state index contributed by atoms with van der Waals surface area (Å²) in [4.78, 5) is 108. The highest BCUT2D eigenvalue weighted by molar-refractivity contribution is 8.04. The number of hydrogen-bond donors (Lipinski definition) is 9. The van der Waals surface area contributed by atoms with Gasteiger partial charge in [0.05, 0.1) is 55.0 Å². The molecule has 4 amide bonds. The first-order chi connectivity index (χ1) is 31.7. The number of thioether (sulfide) groups is 2. The average Bonchev–Trinajstić information content (AvgIpc) is 4.06. The number of aliphatic carboxylic acids is 2. The third-order valence-corrected chi connectivity index (χ3v) is 16.0. The van der Waals surface area contributed by atoms with E-state index in [0.29, 0.717) is 11.4 Å². The Hall–Kier alpha value is -5.78. The van der Waals surface area contributed by atoms with Crippen LogP contribution in [-0.4, -0.2) is 150 Å². The predicted octanol–water partition coefficient (Wildman–Crippen LogP) is 1.97. The molecular weight excluding hydrogens is 913 g/mol. The molecule has 2 aromatic carbocycles. The lowest BCUT2D eigenvalue weighted by molar-refractivity contribution is -0.163. The molecule has 67 heavy (non-hydrogen) atoms. The number of rotatable bonds is 16. The highest BCUT2D eigenvalue weighted by Crippen LogP contribution is 2.52. The van der Waals surface area contributed by atoms with Crippen LogP contribution >= 0.6 is 23.5 Å². The Balaban J connectivity index is 1.08.